The number of benzene rings is 1. The molecule has 2 unspecified atom stereocenters. The molecule has 0 radical (unpaired) electrons. The first-order chi connectivity index (χ1) is 9.06. The highest BCUT2D eigenvalue weighted by Gasteiger charge is 2.42. The zero-order valence-corrected chi connectivity index (χ0v) is 12.0. The minimum Gasteiger partial charge on any atom is -0.507 e. The van der Waals surface area contributed by atoms with Gasteiger partial charge in [0, 0.05) is 17.6 Å². The normalized spacial score (nSPS) is 29.6. The highest BCUT2D eigenvalue weighted by Crippen LogP contribution is 2.37. The van der Waals surface area contributed by atoms with Crippen molar-refractivity contribution in [2.75, 3.05) is 0 Å². The molecule has 0 aliphatic carbocycles. The van der Waals surface area contributed by atoms with E-state index in [1.807, 2.05) is 4.90 Å². The molecule has 0 aromatic heterocycles. The van der Waals surface area contributed by atoms with E-state index in [1.54, 1.807) is 12.1 Å². The minimum absolute atomic E-state index is 0.0396. The van der Waals surface area contributed by atoms with Gasteiger partial charge in [0.2, 0.25) is 0 Å². The van der Waals surface area contributed by atoms with Crippen molar-refractivity contribution in [1.82, 2.24) is 4.90 Å². The lowest BCUT2D eigenvalue weighted by molar-refractivity contribution is 0.0286. The number of hydrogen-bond donors (Lipinski definition) is 2. The number of carbonyl (C=O) groups is 1. The predicted molar refractivity (Wildman–Crippen MR) is 74.0 cm³/mol. The molecule has 19 heavy (non-hydrogen) atoms. The van der Waals surface area contributed by atoms with Gasteiger partial charge in [-0.3, -0.25) is 4.79 Å². The Hall–Kier alpha value is -1.07. The Morgan fingerprint density at radius 2 is 1.89 bits per heavy atom. The number of piperidine rings is 1. The third-order valence-corrected chi connectivity index (χ3v) is 4.81. The highest BCUT2D eigenvalue weighted by atomic mass is 79.9. The van der Waals surface area contributed by atoms with Crippen LogP contribution in [0.3, 0.4) is 0 Å². The summed E-state index contributed by atoms with van der Waals surface area (Å²) in [6.45, 7) is 0. The molecule has 1 aromatic rings. The number of aromatic hydroxyl groups is 1. The monoisotopic (exact) mass is 325 g/mol. The highest BCUT2D eigenvalue weighted by molar-refractivity contribution is 9.10. The number of rotatable bonds is 1. The summed E-state index contributed by atoms with van der Waals surface area (Å²) in [6, 6.07) is 5.19. The van der Waals surface area contributed by atoms with Crippen molar-refractivity contribution in [1.29, 1.82) is 0 Å². The molecule has 2 aliphatic rings. The van der Waals surface area contributed by atoms with E-state index < -0.39 is 0 Å². The number of amides is 1. The second kappa shape index (κ2) is 4.80. The number of hydrogen-bond acceptors (Lipinski definition) is 3. The number of halogens is 1. The van der Waals surface area contributed by atoms with Crippen LogP contribution in [0.4, 0.5) is 0 Å². The van der Waals surface area contributed by atoms with Gasteiger partial charge in [-0.1, -0.05) is 0 Å². The largest absolute Gasteiger partial charge is 0.507 e. The van der Waals surface area contributed by atoms with Gasteiger partial charge in [0.05, 0.1) is 10.6 Å². The van der Waals surface area contributed by atoms with Gasteiger partial charge in [-0.25, -0.2) is 0 Å². The fourth-order valence-electron chi connectivity index (χ4n) is 3.27. The van der Waals surface area contributed by atoms with E-state index in [0.717, 1.165) is 12.8 Å². The molecule has 3 rings (SSSR count). The number of phenolic OH excluding ortho intramolecular Hbond substituents is 1. The Balaban J connectivity index is 1.86. The Morgan fingerprint density at radius 1 is 1.26 bits per heavy atom. The van der Waals surface area contributed by atoms with Gasteiger partial charge >= 0.3 is 0 Å². The van der Waals surface area contributed by atoms with Crippen LogP contribution in [0.2, 0.25) is 0 Å². The Morgan fingerprint density at radius 3 is 2.47 bits per heavy atom. The zero-order chi connectivity index (χ0) is 13.6. The Labute approximate surface area is 120 Å². The van der Waals surface area contributed by atoms with Crippen LogP contribution in [0, 0.1) is 0 Å². The molecule has 2 saturated heterocycles. The van der Waals surface area contributed by atoms with E-state index in [2.05, 4.69) is 15.9 Å². The van der Waals surface area contributed by atoms with Crippen molar-refractivity contribution < 1.29 is 15.0 Å². The van der Waals surface area contributed by atoms with E-state index in [1.165, 1.54) is 6.07 Å². The van der Waals surface area contributed by atoms with Crippen LogP contribution < -0.4 is 0 Å². The first kappa shape index (κ1) is 12.9. The quantitative estimate of drug-likeness (QED) is 0.832. The summed E-state index contributed by atoms with van der Waals surface area (Å²) in [6.07, 6.45) is 3.00. The standard InChI is InChI=1S/C14H16BrNO3/c15-12-4-1-8(5-13(12)18)14(19)16-9-2-3-10(16)7-11(17)6-9/h1,4-5,9-11,17-18H,2-3,6-7H2. The summed E-state index contributed by atoms with van der Waals surface area (Å²) in [5.74, 6) is 0.0393. The van der Waals surface area contributed by atoms with E-state index in [0.29, 0.717) is 22.9 Å². The maximum Gasteiger partial charge on any atom is 0.254 e. The lowest BCUT2D eigenvalue weighted by Crippen LogP contribution is -2.47. The molecule has 2 heterocycles. The van der Waals surface area contributed by atoms with Gasteiger partial charge in [0.1, 0.15) is 5.75 Å². The van der Waals surface area contributed by atoms with Gasteiger partial charge in [-0.05, 0) is 59.8 Å². The van der Waals surface area contributed by atoms with E-state index in [4.69, 9.17) is 0 Å². The van der Waals surface area contributed by atoms with Crippen molar-refractivity contribution in [3.05, 3.63) is 28.2 Å². The molecule has 102 valence electrons. The molecule has 0 spiro atoms. The van der Waals surface area contributed by atoms with Crippen molar-refractivity contribution >= 4 is 21.8 Å². The summed E-state index contributed by atoms with van der Waals surface area (Å²) in [7, 11) is 0. The summed E-state index contributed by atoms with van der Waals surface area (Å²) < 4.78 is 0.584. The van der Waals surface area contributed by atoms with Gasteiger partial charge in [-0.2, -0.15) is 0 Å². The van der Waals surface area contributed by atoms with E-state index >= 15 is 0 Å². The first-order valence-electron chi connectivity index (χ1n) is 6.55. The first-order valence-corrected chi connectivity index (χ1v) is 7.35. The lowest BCUT2D eigenvalue weighted by Gasteiger charge is -2.37. The third kappa shape index (κ3) is 2.25. The van der Waals surface area contributed by atoms with Crippen molar-refractivity contribution in [2.24, 2.45) is 0 Å². The molecule has 1 aromatic carbocycles. The summed E-state index contributed by atoms with van der Waals surface area (Å²) in [4.78, 5) is 14.4. The molecule has 2 N–H and O–H groups in total. The number of carbonyl (C=O) groups excluding carboxylic acids is 1. The van der Waals surface area contributed by atoms with E-state index in [9.17, 15) is 15.0 Å². The second-order valence-electron chi connectivity index (χ2n) is 5.39. The van der Waals surface area contributed by atoms with Crippen LogP contribution in [-0.4, -0.2) is 39.2 Å². The predicted octanol–water partition coefficient (Wildman–Crippen LogP) is 2.28. The zero-order valence-electron chi connectivity index (χ0n) is 10.4. The molecule has 0 saturated carbocycles. The van der Waals surface area contributed by atoms with Gasteiger partial charge in [0.15, 0.2) is 0 Å². The number of fused-ring (bicyclic) bond motifs is 2. The summed E-state index contributed by atoms with van der Waals surface area (Å²) in [5, 5.41) is 19.4. The van der Waals surface area contributed by atoms with Crippen molar-refractivity contribution in [2.45, 2.75) is 43.9 Å². The van der Waals surface area contributed by atoms with E-state index in [-0.39, 0.29) is 29.8 Å². The molecule has 2 atom stereocenters. The molecule has 4 nitrogen and oxygen atoms in total. The molecule has 2 aliphatic heterocycles. The smallest absolute Gasteiger partial charge is 0.254 e. The van der Waals surface area contributed by atoms with Crippen LogP contribution in [0.5, 0.6) is 5.75 Å². The van der Waals surface area contributed by atoms with Crippen molar-refractivity contribution in [3.63, 3.8) is 0 Å². The molecule has 2 fully saturated rings. The maximum absolute atomic E-state index is 12.5. The average molecular weight is 326 g/mol. The number of phenols is 1. The third-order valence-electron chi connectivity index (χ3n) is 4.14. The minimum atomic E-state index is -0.278. The van der Waals surface area contributed by atoms with Crippen LogP contribution in [-0.2, 0) is 0 Å². The van der Waals surface area contributed by atoms with Gasteiger partial charge < -0.3 is 15.1 Å². The molecular formula is C14H16BrNO3. The number of aliphatic hydroxyl groups is 1. The summed E-state index contributed by atoms with van der Waals surface area (Å²) in [5.41, 5.74) is 0.508. The van der Waals surface area contributed by atoms with Crippen molar-refractivity contribution in [3.8, 4) is 5.75 Å². The number of nitrogens with zero attached hydrogens (tertiary/aromatic N) is 1. The fourth-order valence-corrected chi connectivity index (χ4v) is 3.52. The molecular weight excluding hydrogens is 310 g/mol. The van der Waals surface area contributed by atoms with Crippen LogP contribution in [0.1, 0.15) is 36.0 Å². The topological polar surface area (TPSA) is 60.8 Å². The second-order valence-corrected chi connectivity index (χ2v) is 6.24. The maximum atomic E-state index is 12.5. The van der Waals surface area contributed by atoms with Crippen LogP contribution >= 0.6 is 15.9 Å². The SMILES string of the molecule is O=C(c1ccc(Br)c(O)c1)N1C2CCC1CC(O)C2. The fraction of sp³-hybridized carbons (Fsp3) is 0.500. The average Bonchev–Trinajstić information content (AvgIpc) is 2.64. The summed E-state index contributed by atoms with van der Waals surface area (Å²) >= 11 is 3.21. The molecule has 5 heteroatoms. The number of aliphatic hydroxyl groups excluding tert-OH is 1. The Bertz CT molecular complexity index is 505. The van der Waals surface area contributed by atoms with Gasteiger partial charge in [0.25, 0.3) is 5.91 Å². The molecule has 1 amide bonds. The van der Waals surface area contributed by atoms with Gasteiger partial charge in [-0.15, -0.1) is 0 Å². The Kier molecular flexibility index (Phi) is 3.27. The van der Waals surface area contributed by atoms with Crippen LogP contribution in [0.25, 0.3) is 0 Å². The van der Waals surface area contributed by atoms with Crippen LogP contribution in [0.15, 0.2) is 22.7 Å². The molecule has 2 bridgehead atoms. The lowest BCUT2D eigenvalue weighted by atomic mass is 9.98.